The molecule has 0 saturated heterocycles. The van der Waals surface area contributed by atoms with E-state index in [0.29, 0.717) is 16.8 Å². The predicted octanol–water partition coefficient (Wildman–Crippen LogP) is 4.21. The van der Waals surface area contributed by atoms with Crippen LogP contribution in [0.1, 0.15) is 16.7 Å². The van der Waals surface area contributed by atoms with Gasteiger partial charge in [-0.15, -0.1) is 0 Å². The molecule has 2 N–H and O–H groups in total. The van der Waals surface area contributed by atoms with E-state index in [0.717, 1.165) is 5.56 Å². The van der Waals surface area contributed by atoms with Crippen LogP contribution in [-0.2, 0) is 20.0 Å². The Balaban J connectivity index is 1.84. The Morgan fingerprint density at radius 3 is 1.66 bits per heavy atom. The van der Waals surface area contributed by atoms with Crippen molar-refractivity contribution in [3.05, 3.63) is 83.4 Å². The van der Waals surface area contributed by atoms with Crippen molar-refractivity contribution in [2.24, 2.45) is 0 Å². The average Bonchev–Trinajstić information content (AvgIpc) is 2.61. The van der Waals surface area contributed by atoms with Gasteiger partial charge in [0, 0.05) is 11.4 Å². The van der Waals surface area contributed by atoms with Crippen LogP contribution in [0.4, 0.5) is 11.4 Å². The first kappa shape index (κ1) is 20.9. The summed E-state index contributed by atoms with van der Waals surface area (Å²) in [6, 6.07) is 17.7. The molecule has 0 aliphatic rings. The zero-order valence-electron chi connectivity index (χ0n) is 16.3. The Labute approximate surface area is 171 Å². The SMILES string of the molecule is Cc1cc(C)c(S(=O)(=O)Nc2ccc(S(=O)(=O)Nc3ccccc3)cc2)c(C)c1. The lowest BCUT2D eigenvalue weighted by Crippen LogP contribution is -2.16. The maximum absolute atomic E-state index is 12.8. The number of rotatable bonds is 6. The van der Waals surface area contributed by atoms with Gasteiger partial charge in [0.2, 0.25) is 0 Å². The Morgan fingerprint density at radius 1 is 0.621 bits per heavy atom. The van der Waals surface area contributed by atoms with Crippen LogP contribution < -0.4 is 9.44 Å². The van der Waals surface area contributed by atoms with E-state index in [1.54, 1.807) is 44.2 Å². The molecule has 0 fully saturated rings. The van der Waals surface area contributed by atoms with Crippen molar-refractivity contribution in [2.45, 2.75) is 30.6 Å². The van der Waals surface area contributed by atoms with Crippen molar-refractivity contribution in [2.75, 3.05) is 9.44 Å². The minimum atomic E-state index is -3.80. The minimum Gasteiger partial charge on any atom is -0.280 e. The second kappa shape index (κ2) is 7.88. The van der Waals surface area contributed by atoms with E-state index in [1.807, 2.05) is 19.1 Å². The highest BCUT2D eigenvalue weighted by molar-refractivity contribution is 7.93. The summed E-state index contributed by atoms with van der Waals surface area (Å²) >= 11 is 0. The topological polar surface area (TPSA) is 92.3 Å². The van der Waals surface area contributed by atoms with Gasteiger partial charge < -0.3 is 0 Å². The smallest absolute Gasteiger partial charge is 0.262 e. The second-order valence-electron chi connectivity index (χ2n) is 6.83. The van der Waals surface area contributed by atoms with Crippen LogP contribution in [0.15, 0.2) is 76.5 Å². The summed E-state index contributed by atoms with van der Waals surface area (Å²) in [5, 5.41) is 0. The molecule has 0 saturated carbocycles. The quantitative estimate of drug-likeness (QED) is 0.613. The summed E-state index contributed by atoms with van der Waals surface area (Å²) in [4.78, 5) is 0.262. The molecular formula is C21H22N2O4S2. The molecule has 0 radical (unpaired) electrons. The highest BCUT2D eigenvalue weighted by atomic mass is 32.2. The van der Waals surface area contributed by atoms with Crippen LogP contribution in [-0.4, -0.2) is 16.8 Å². The molecule has 0 amide bonds. The average molecular weight is 431 g/mol. The van der Waals surface area contributed by atoms with Crippen molar-refractivity contribution in [3.63, 3.8) is 0 Å². The fraction of sp³-hybridized carbons (Fsp3) is 0.143. The van der Waals surface area contributed by atoms with Gasteiger partial charge in [0.25, 0.3) is 20.0 Å². The molecule has 0 heterocycles. The lowest BCUT2D eigenvalue weighted by Gasteiger charge is -2.14. The molecule has 8 heteroatoms. The van der Waals surface area contributed by atoms with E-state index in [4.69, 9.17) is 0 Å². The first-order valence-corrected chi connectivity index (χ1v) is 11.8. The molecule has 152 valence electrons. The van der Waals surface area contributed by atoms with Crippen molar-refractivity contribution < 1.29 is 16.8 Å². The van der Waals surface area contributed by atoms with Gasteiger partial charge in [-0.3, -0.25) is 9.44 Å². The van der Waals surface area contributed by atoms with Crippen LogP contribution >= 0.6 is 0 Å². The van der Waals surface area contributed by atoms with Crippen LogP contribution in [0.25, 0.3) is 0 Å². The molecule has 29 heavy (non-hydrogen) atoms. The van der Waals surface area contributed by atoms with Crippen LogP contribution in [0, 0.1) is 20.8 Å². The first-order chi connectivity index (χ1) is 13.6. The van der Waals surface area contributed by atoms with E-state index >= 15 is 0 Å². The summed E-state index contributed by atoms with van der Waals surface area (Å²) in [6.07, 6.45) is 0. The van der Waals surface area contributed by atoms with Crippen molar-refractivity contribution in [1.82, 2.24) is 0 Å². The van der Waals surface area contributed by atoms with E-state index in [9.17, 15) is 16.8 Å². The molecule has 3 rings (SSSR count). The number of aryl methyl sites for hydroxylation is 3. The lowest BCUT2D eigenvalue weighted by atomic mass is 10.1. The highest BCUT2D eigenvalue weighted by Gasteiger charge is 2.21. The minimum absolute atomic E-state index is 0.0343. The van der Waals surface area contributed by atoms with Crippen molar-refractivity contribution >= 4 is 31.4 Å². The van der Waals surface area contributed by atoms with E-state index in [1.165, 1.54) is 24.3 Å². The molecular weight excluding hydrogens is 408 g/mol. The number of para-hydroxylation sites is 1. The van der Waals surface area contributed by atoms with E-state index < -0.39 is 20.0 Å². The third-order valence-electron chi connectivity index (χ3n) is 4.32. The highest BCUT2D eigenvalue weighted by Crippen LogP contribution is 2.25. The monoisotopic (exact) mass is 430 g/mol. The number of hydrogen-bond acceptors (Lipinski definition) is 4. The summed E-state index contributed by atoms with van der Waals surface area (Å²) in [5.41, 5.74) is 3.02. The van der Waals surface area contributed by atoms with Gasteiger partial charge in [-0.1, -0.05) is 35.9 Å². The van der Waals surface area contributed by atoms with Gasteiger partial charge in [-0.2, -0.15) is 0 Å². The molecule has 3 aromatic carbocycles. The third kappa shape index (κ3) is 4.78. The molecule has 0 atom stereocenters. The van der Waals surface area contributed by atoms with Gasteiger partial charge in [0.15, 0.2) is 0 Å². The third-order valence-corrected chi connectivity index (χ3v) is 7.40. The van der Waals surface area contributed by atoms with Gasteiger partial charge in [0.1, 0.15) is 0 Å². The number of hydrogen-bond donors (Lipinski definition) is 2. The van der Waals surface area contributed by atoms with Crippen LogP contribution in [0.3, 0.4) is 0 Å². The van der Waals surface area contributed by atoms with Gasteiger partial charge >= 0.3 is 0 Å². The Bertz CT molecular complexity index is 1210. The number of sulfonamides is 2. The van der Waals surface area contributed by atoms with Gasteiger partial charge in [-0.25, -0.2) is 16.8 Å². The Kier molecular flexibility index (Phi) is 5.68. The van der Waals surface area contributed by atoms with Crippen LogP contribution in [0.2, 0.25) is 0 Å². The summed E-state index contributed by atoms with van der Waals surface area (Å²) in [6.45, 7) is 5.41. The van der Waals surface area contributed by atoms with Crippen molar-refractivity contribution in [1.29, 1.82) is 0 Å². The number of nitrogens with one attached hydrogen (secondary N) is 2. The molecule has 0 aliphatic heterocycles. The Hall–Kier alpha value is -2.84. The number of benzene rings is 3. The molecule has 0 aliphatic carbocycles. The number of anilines is 2. The second-order valence-corrected chi connectivity index (χ2v) is 10.1. The predicted molar refractivity (Wildman–Crippen MR) is 115 cm³/mol. The largest absolute Gasteiger partial charge is 0.280 e. The maximum atomic E-state index is 12.8. The zero-order valence-corrected chi connectivity index (χ0v) is 17.9. The molecule has 6 nitrogen and oxygen atoms in total. The summed E-state index contributed by atoms with van der Waals surface area (Å²) in [7, 11) is -7.57. The first-order valence-electron chi connectivity index (χ1n) is 8.87. The normalized spacial score (nSPS) is 11.8. The lowest BCUT2D eigenvalue weighted by molar-refractivity contribution is 0.599. The van der Waals surface area contributed by atoms with Gasteiger partial charge in [-0.05, 0) is 68.3 Å². The summed E-state index contributed by atoms with van der Waals surface area (Å²) in [5.74, 6) is 0. The molecule has 0 spiro atoms. The maximum Gasteiger partial charge on any atom is 0.262 e. The van der Waals surface area contributed by atoms with E-state index in [2.05, 4.69) is 9.44 Å². The zero-order chi connectivity index (χ0) is 21.2. The fourth-order valence-electron chi connectivity index (χ4n) is 3.22. The standard InChI is InChI=1S/C21H22N2O4S2/c1-15-13-16(2)21(17(3)14-15)29(26,27)23-19-9-11-20(12-10-19)28(24,25)22-18-7-5-4-6-8-18/h4-14,22-23H,1-3H3. The fourth-order valence-corrected chi connectivity index (χ4v) is 5.79. The molecule has 0 unspecified atom stereocenters. The molecule has 3 aromatic rings. The Morgan fingerprint density at radius 2 is 1.10 bits per heavy atom. The van der Waals surface area contributed by atoms with Crippen molar-refractivity contribution in [3.8, 4) is 0 Å². The van der Waals surface area contributed by atoms with E-state index in [-0.39, 0.29) is 15.5 Å². The summed E-state index contributed by atoms with van der Waals surface area (Å²) < 4.78 is 55.7. The molecule has 0 bridgehead atoms. The van der Waals surface area contributed by atoms with Gasteiger partial charge in [0.05, 0.1) is 9.79 Å². The van der Waals surface area contributed by atoms with Crippen LogP contribution in [0.5, 0.6) is 0 Å². The molecule has 0 aromatic heterocycles.